The van der Waals surface area contributed by atoms with Crippen molar-refractivity contribution in [1.82, 2.24) is 4.98 Å². The van der Waals surface area contributed by atoms with Gasteiger partial charge in [0.2, 0.25) is 0 Å². The van der Waals surface area contributed by atoms with Crippen LogP contribution in [0.25, 0.3) is 0 Å². The lowest BCUT2D eigenvalue weighted by Crippen LogP contribution is -2.12. The topological polar surface area (TPSA) is 12.9 Å². The first kappa shape index (κ1) is 9.01. The Kier molecular flexibility index (Phi) is 2.54. The first-order chi connectivity index (χ1) is 6.33. The summed E-state index contributed by atoms with van der Waals surface area (Å²) in [5, 5.41) is 0. The predicted molar refractivity (Wildman–Crippen MR) is 55.1 cm³/mol. The summed E-state index contributed by atoms with van der Waals surface area (Å²) in [4.78, 5) is 4.27. The second-order valence-corrected chi connectivity index (χ2v) is 3.99. The van der Waals surface area contributed by atoms with Gasteiger partial charge in [0, 0.05) is 17.8 Å². The number of hydrogen-bond acceptors (Lipinski definition) is 1. The highest BCUT2D eigenvalue weighted by Gasteiger charge is 2.22. The van der Waals surface area contributed by atoms with Gasteiger partial charge in [-0.2, -0.15) is 0 Å². The quantitative estimate of drug-likeness (QED) is 0.660. The lowest BCUT2D eigenvalue weighted by Gasteiger charge is -2.27. The molecule has 0 aromatic carbocycles. The molecule has 0 atom stereocenters. The molecule has 0 N–H and O–H groups in total. The van der Waals surface area contributed by atoms with Gasteiger partial charge in [0.1, 0.15) is 0 Å². The summed E-state index contributed by atoms with van der Waals surface area (Å²) in [7, 11) is 0. The van der Waals surface area contributed by atoms with E-state index in [0.717, 1.165) is 11.6 Å². The van der Waals surface area contributed by atoms with E-state index < -0.39 is 0 Å². The molecule has 1 aromatic rings. The highest BCUT2D eigenvalue weighted by atomic mass is 35.5. The Morgan fingerprint density at radius 3 is 2.85 bits per heavy atom. The van der Waals surface area contributed by atoms with Gasteiger partial charge in [-0.1, -0.05) is 6.42 Å². The van der Waals surface area contributed by atoms with Crippen molar-refractivity contribution < 1.29 is 0 Å². The van der Waals surface area contributed by atoms with E-state index in [4.69, 9.17) is 11.6 Å². The van der Waals surface area contributed by atoms with Gasteiger partial charge in [-0.3, -0.25) is 4.98 Å². The number of halogens is 1. The number of aromatic nitrogens is 1. The molecule has 1 fully saturated rings. The van der Waals surface area contributed by atoms with Gasteiger partial charge in [-0.15, -0.1) is 11.6 Å². The number of nitrogens with zero attached hydrogens (tertiary/aromatic N) is 1. The van der Waals surface area contributed by atoms with E-state index in [2.05, 4.69) is 11.1 Å². The average molecular weight is 196 g/mol. The summed E-state index contributed by atoms with van der Waals surface area (Å²) in [5.74, 6) is 1.36. The zero-order valence-corrected chi connectivity index (χ0v) is 8.64. The monoisotopic (exact) mass is 195 g/mol. The van der Waals surface area contributed by atoms with Gasteiger partial charge in [-0.05, 0) is 42.9 Å². The van der Waals surface area contributed by atoms with Crippen molar-refractivity contribution >= 4 is 11.6 Å². The molecule has 13 heavy (non-hydrogen) atoms. The Labute approximate surface area is 84.1 Å². The first-order valence-corrected chi connectivity index (χ1v) is 5.36. The van der Waals surface area contributed by atoms with Crippen molar-refractivity contribution in [1.29, 1.82) is 0 Å². The third-order valence-electron chi connectivity index (χ3n) is 2.99. The van der Waals surface area contributed by atoms with Crippen LogP contribution in [0.2, 0.25) is 0 Å². The van der Waals surface area contributed by atoms with E-state index in [0.29, 0.717) is 5.88 Å². The highest BCUT2D eigenvalue weighted by molar-refractivity contribution is 6.17. The first-order valence-electron chi connectivity index (χ1n) is 4.83. The molecule has 70 valence electrons. The van der Waals surface area contributed by atoms with Crippen LogP contribution < -0.4 is 0 Å². The van der Waals surface area contributed by atoms with E-state index in [1.165, 1.54) is 30.4 Å². The van der Waals surface area contributed by atoms with Crippen molar-refractivity contribution in [3.63, 3.8) is 0 Å². The molecule has 0 radical (unpaired) electrons. The second kappa shape index (κ2) is 3.67. The lowest BCUT2D eigenvalue weighted by atomic mass is 9.78. The molecule has 1 saturated carbocycles. The molecule has 0 unspecified atom stereocenters. The summed E-state index contributed by atoms with van der Waals surface area (Å²) < 4.78 is 0. The number of hydrogen-bond donors (Lipinski definition) is 0. The van der Waals surface area contributed by atoms with Crippen molar-refractivity contribution in [3.05, 3.63) is 29.1 Å². The van der Waals surface area contributed by atoms with Gasteiger partial charge >= 0.3 is 0 Å². The smallest absolute Gasteiger partial charge is 0.0494 e. The molecule has 2 rings (SSSR count). The Morgan fingerprint density at radius 1 is 1.54 bits per heavy atom. The third-order valence-corrected chi connectivity index (χ3v) is 3.25. The SMILES string of the molecule is Cc1nccc(C2CCC2)c1CCl. The molecule has 0 aliphatic heterocycles. The molecule has 1 aromatic heterocycles. The second-order valence-electron chi connectivity index (χ2n) is 3.73. The molecular weight excluding hydrogens is 182 g/mol. The van der Waals surface area contributed by atoms with Gasteiger partial charge < -0.3 is 0 Å². The maximum absolute atomic E-state index is 5.92. The number of alkyl halides is 1. The van der Waals surface area contributed by atoms with Crippen LogP contribution >= 0.6 is 11.6 Å². The molecule has 1 nitrogen and oxygen atoms in total. The fourth-order valence-corrected chi connectivity index (χ4v) is 2.24. The van der Waals surface area contributed by atoms with Crippen LogP contribution in [-0.2, 0) is 5.88 Å². The zero-order valence-electron chi connectivity index (χ0n) is 7.89. The highest BCUT2D eigenvalue weighted by Crippen LogP contribution is 2.38. The van der Waals surface area contributed by atoms with Crippen LogP contribution in [0, 0.1) is 6.92 Å². The summed E-state index contributed by atoms with van der Waals surface area (Å²) >= 11 is 5.92. The number of pyridine rings is 1. The lowest BCUT2D eigenvalue weighted by molar-refractivity contribution is 0.417. The molecule has 0 amide bonds. The zero-order chi connectivity index (χ0) is 9.26. The molecule has 1 aliphatic carbocycles. The van der Waals surface area contributed by atoms with Crippen LogP contribution in [0.3, 0.4) is 0 Å². The normalized spacial score (nSPS) is 17.1. The fraction of sp³-hybridized carbons (Fsp3) is 0.545. The van der Waals surface area contributed by atoms with Gasteiger partial charge in [0.25, 0.3) is 0 Å². The average Bonchev–Trinajstić information content (AvgIpc) is 2.01. The Bertz CT molecular complexity index is 305. The van der Waals surface area contributed by atoms with Crippen LogP contribution in [0.15, 0.2) is 12.3 Å². The van der Waals surface area contributed by atoms with Crippen molar-refractivity contribution in [3.8, 4) is 0 Å². The van der Waals surface area contributed by atoms with E-state index in [1.807, 2.05) is 13.1 Å². The van der Waals surface area contributed by atoms with Crippen LogP contribution in [0.4, 0.5) is 0 Å². The van der Waals surface area contributed by atoms with Crippen molar-refractivity contribution in [2.24, 2.45) is 0 Å². The number of rotatable bonds is 2. The van der Waals surface area contributed by atoms with E-state index >= 15 is 0 Å². The molecule has 1 aliphatic rings. The van der Waals surface area contributed by atoms with Crippen LogP contribution in [-0.4, -0.2) is 4.98 Å². The van der Waals surface area contributed by atoms with Gasteiger partial charge in [0.05, 0.1) is 0 Å². The largest absolute Gasteiger partial charge is 0.261 e. The summed E-state index contributed by atoms with van der Waals surface area (Å²) in [6.45, 7) is 2.04. The van der Waals surface area contributed by atoms with Gasteiger partial charge in [-0.25, -0.2) is 0 Å². The standard InChI is InChI=1S/C11H14ClN/c1-8-11(7-12)10(5-6-13-8)9-3-2-4-9/h5-6,9H,2-4,7H2,1H3. The molecule has 0 spiro atoms. The summed E-state index contributed by atoms with van der Waals surface area (Å²) in [6.07, 6.45) is 5.92. The number of aryl methyl sites for hydroxylation is 1. The van der Waals surface area contributed by atoms with E-state index in [1.54, 1.807) is 0 Å². The van der Waals surface area contributed by atoms with Crippen LogP contribution in [0.1, 0.15) is 42.0 Å². The molecule has 0 bridgehead atoms. The minimum absolute atomic E-state index is 0.603. The fourth-order valence-electron chi connectivity index (χ4n) is 1.89. The summed E-state index contributed by atoms with van der Waals surface area (Å²) in [5.41, 5.74) is 3.79. The van der Waals surface area contributed by atoms with Crippen LogP contribution in [0.5, 0.6) is 0 Å². The van der Waals surface area contributed by atoms with E-state index in [9.17, 15) is 0 Å². The Balaban J connectivity index is 2.37. The molecular formula is C11H14ClN. The minimum atomic E-state index is 0.603. The molecule has 2 heteroatoms. The Hall–Kier alpha value is -0.560. The molecule has 0 saturated heterocycles. The van der Waals surface area contributed by atoms with Gasteiger partial charge in [0.15, 0.2) is 0 Å². The molecule has 1 heterocycles. The predicted octanol–water partition coefficient (Wildman–Crippen LogP) is 3.40. The maximum Gasteiger partial charge on any atom is 0.0494 e. The van der Waals surface area contributed by atoms with Crippen molar-refractivity contribution in [2.75, 3.05) is 0 Å². The Morgan fingerprint density at radius 2 is 2.31 bits per heavy atom. The van der Waals surface area contributed by atoms with Crippen molar-refractivity contribution in [2.45, 2.75) is 38.0 Å². The maximum atomic E-state index is 5.92. The minimum Gasteiger partial charge on any atom is -0.261 e. The van der Waals surface area contributed by atoms with E-state index in [-0.39, 0.29) is 0 Å². The third kappa shape index (κ3) is 1.58. The summed E-state index contributed by atoms with van der Waals surface area (Å²) in [6, 6.07) is 2.13.